The van der Waals surface area contributed by atoms with E-state index in [-0.39, 0.29) is 0 Å². The molecule has 15 heavy (non-hydrogen) atoms. The van der Waals surface area contributed by atoms with E-state index in [0.717, 1.165) is 11.8 Å². The molecule has 0 amide bonds. The summed E-state index contributed by atoms with van der Waals surface area (Å²) in [7, 11) is 0. The van der Waals surface area contributed by atoms with Crippen LogP contribution >= 0.6 is 0 Å². The van der Waals surface area contributed by atoms with Crippen LogP contribution < -0.4 is 5.73 Å². The summed E-state index contributed by atoms with van der Waals surface area (Å²) in [5.41, 5.74) is 5.91. The van der Waals surface area contributed by atoms with E-state index in [4.69, 9.17) is 5.73 Å². The van der Waals surface area contributed by atoms with E-state index in [9.17, 15) is 0 Å². The predicted octanol–water partition coefficient (Wildman–Crippen LogP) is 3.64. The molecule has 0 atom stereocenters. The molecule has 0 aliphatic heterocycles. The molecule has 1 nitrogen and oxygen atoms in total. The number of nitrogens with two attached hydrogens (primary N) is 1. The molecule has 1 heteroatoms. The van der Waals surface area contributed by atoms with Crippen molar-refractivity contribution >= 4 is 0 Å². The van der Waals surface area contributed by atoms with E-state index in [1.54, 1.807) is 0 Å². The van der Waals surface area contributed by atoms with Crippen molar-refractivity contribution in [2.24, 2.45) is 17.6 Å². The van der Waals surface area contributed by atoms with Gasteiger partial charge in [-0.05, 0) is 50.4 Å². The molecule has 0 unspecified atom stereocenters. The fourth-order valence-electron chi connectivity index (χ4n) is 2.98. The van der Waals surface area contributed by atoms with Crippen molar-refractivity contribution in [1.82, 2.24) is 0 Å². The first-order valence-corrected chi connectivity index (χ1v) is 6.78. The van der Waals surface area contributed by atoms with E-state index in [2.05, 4.69) is 12.2 Å². The summed E-state index contributed by atoms with van der Waals surface area (Å²) in [5.74, 6) is 1.74. The summed E-state index contributed by atoms with van der Waals surface area (Å²) in [6.07, 6.45) is 17.4. The van der Waals surface area contributed by atoms with Crippen LogP contribution in [0.1, 0.15) is 57.8 Å². The average molecular weight is 207 g/mol. The Kier molecular flexibility index (Phi) is 4.25. The van der Waals surface area contributed by atoms with E-state index in [1.807, 2.05) is 0 Å². The van der Waals surface area contributed by atoms with E-state index in [0.29, 0.717) is 6.04 Å². The van der Waals surface area contributed by atoms with Crippen LogP contribution in [0.4, 0.5) is 0 Å². The summed E-state index contributed by atoms with van der Waals surface area (Å²) >= 11 is 0. The smallest absolute Gasteiger partial charge is 0.00392 e. The molecule has 0 bridgehead atoms. The number of hydrogen-bond donors (Lipinski definition) is 1. The molecule has 0 aromatic carbocycles. The first-order valence-electron chi connectivity index (χ1n) is 6.78. The highest BCUT2D eigenvalue weighted by Crippen LogP contribution is 2.28. The molecule has 2 N–H and O–H groups in total. The summed E-state index contributed by atoms with van der Waals surface area (Å²) in [6.45, 7) is 0. The van der Waals surface area contributed by atoms with Gasteiger partial charge in [-0.3, -0.25) is 0 Å². The van der Waals surface area contributed by atoms with Gasteiger partial charge in [0.15, 0.2) is 0 Å². The van der Waals surface area contributed by atoms with E-state index >= 15 is 0 Å². The third kappa shape index (κ3) is 3.64. The van der Waals surface area contributed by atoms with Gasteiger partial charge in [0.05, 0.1) is 0 Å². The standard InChI is InChI=1S/C14H25N/c15-14-10-8-13(9-11-14)7-6-12-4-2-1-3-5-12/h6-7,12-14H,1-5,8-11,15H2. The topological polar surface area (TPSA) is 26.0 Å². The van der Waals surface area contributed by atoms with Gasteiger partial charge in [-0.15, -0.1) is 0 Å². The number of allylic oxidation sites excluding steroid dienone is 2. The lowest BCUT2D eigenvalue weighted by Crippen LogP contribution is -2.25. The zero-order chi connectivity index (χ0) is 10.5. The van der Waals surface area contributed by atoms with Crippen molar-refractivity contribution in [3.05, 3.63) is 12.2 Å². The second kappa shape index (κ2) is 5.69. The van der Waals surface area contributed by atoms with Crippen LogP contribution in [0, 0.1) is 11.8 Å². The van der Waals surface area contributed by atoms with Crippen molar-refractivity contribution in [3.8, 4) is 0 Å². The Morgan fingerprint density at radius 1 is 0.667 bits per heavy atom. The Balaban J connectivity index is 1.73. The molecule has 2 aliphatic rings. The van der Waals surface area contributed by atoms with Gasteiger partial charge in [-0.2, -0.15) is 0 Å². The minimum Gasteiger partial charge on any atom is -0.328 e. The highest BCUT2D eigenvalue weighted by molar-refractivity contribution is 4.95. The highest BCUT2D eigenvalue weighted by atomic mass is 14.6. The fraction of sp³-hybridized carbons (Fsp3) is 0.857. The van der Waals surface area contributed by atoms with Gasteiger partial charge in [0.25, 0.3) is 0 Å². The Morgan fingerprint density at radius 2 is 1.20 bits per heavy atom. The molecular weight excluding hydrogens is 182 g/mol. The minimum absolute atomic E-state index is 0.490. The van der Waals surface area contributed by atoms with E-state index in [1.165, 1.54) is 57.8 Å². The maximum Gasteiger partial charge on any atom is 0.00392 e. The van der Waals surface area contributed by atoms with Crippen molar-refractivity contribution in [3.63, 3.8) is 0 Å². The van der Waals surface area contributed by atoms with Gasteiger partial charge in [-0.1, -0.05) is 31.4 Å². The van der Waals surface area contributed by atoms with Crippen LogP contribution in [-0.4, -0.2) is 6.04 Å². The Labute approximate surface area is 94.1 Å². The largest absolute Gasteiger partial charge is 0.328 e. The number of rotatable bonds is 2. The van der Waals surface area contributed by atoms with Gasteiger partial charge in [0.1, 0.15) is 0 Å². The molecular formula is C14H25N. The van der Waals surface area contributed by atoms with Crippen LogP contribution in [0.2, 0.25) is 0 Å². The number of hydrogen-bond acceptors (Lipinski definition) is 1. The van der Waals surface area contributed by atoms with Crippen LogP contribution in [0.25, 0.3) is 0 Å². The molecule has 2 aliphatic carbocycles. The summed E-state index contributed by atoms with van der Waals surface area (Å²) in [6, 6.07) is 0.490. The Hall–Kier alpha value is -0.300. The van der Waals surface area contributed by atoms with Crippen LogP contribution in [0.3, 0.4) is 0 Å². The molecule has 0 radical (unpaired) electrons. The predicted molar refractivity (Wildman–Crippen MR) is 65.6 cm³/mol. The van der Waals surface area contributed by atoms with Gasteiger partial charge in [0, 0.05) is 6.04 Å². The Bertz CT molecular complexity index is 195. The Morgan fingerprint density at radius 3 is 1.80 bits per heavy atom. The maximum absolute atomic E-state index is 5.91. The lowest BCUT2D eigenvalue weighted by Gasteiger charge is -2.24. The van der Waals surface area contributed by atoms with Gasteiger partial charge in [-0.25, -0.2) is 0 Å². The van der Waals surface area contributed by atoms with E-state index < -0.39 is 0 Å². The first-order chi connectivity index (χ1) is 7.34. The van der Waals surface area contributed by atoms with Crippen molar-refractivity contribution in [2.75, 3.05) is 0 Å². The maximum atomic E-state index is 5.91. The van der Waals surface area contributed by atoms with Crippen LogP contribution in [0.5, 0.6) is 0 Å². The molecule has 2 saturated carbocycles. The SMILES string of the molecule is NC1CCC(C=CC2CCCCC2)CC1. The molecule has 0 aromatic rings. The zero-order valence-corrected chi connectivity index (χ0v) is 9.83. The molecule has 2 rings (SSSR count). The lowest BCUT2D eigenvalue weighted by atomic mass is 9.84. The highest BCUT2D eigenvalue weighted by Gasteiger charge is 2.17. The molecule has 0 spiro atoms. The van der Waals surface area contributed by atoms with Crippen molar-refractivity contribution in [1.29, 1.82) is 0 Å². The second-order valence-corrected chi connectivity index (χ2v) is 5.46. The van der Waals surface area contributed by atoms with Crippen LogP contribution in [-0.2, 0) is 0 Å². The van der Waals surface area contributed by atoms with Gasteiger partial charge >= 0.3 is 0 Å². The van der Waals surface area contributed by atoms with Crippen molar-refractivity contribution in [2.45, 2.75) is 63.8 Å². The monoisotopic (exact) mass is 207 g/mol. The summed E-state index contributed by atoms with van der Waals surface area (Å²) < 4.78 is 0. The summed E-state index contributed by atoms with van der Waals surface area (Å²) in [5, 5.41) is 0. The quantitative estimate of drug-likeness (QED) is 0.687. The van der Waals surface area contributed by atoms with Gasteiger partial charge < -0.3 is 5.73 Å². The average Bonchev–Trinajstić information content (AvgIpc) is 2.30. The van der Waals surface area contributed by atoms with Crippen LogP contribution in [0.15, 0.2) is 12.2 Å². The summed E-state index contributed by atoms with van der Waals surface area (Å²) in [4.78, 5) is 0. The first kappa shape index (κ1) is 11.2. The minimum atomic E-state index is 0.490. The molecule has 2 fully saturated rings. The van der Waals surface area contributed by atoms with Crippen molar-refractivity contribution < 1.29 is 0 Å². The molecule has 86 valence electrons. The molecule has 0 saturated heterocycles. The molecule has 0 aromatic heterocycles. The van der Waals surface area contributed by atoms with Gasteiger partial charge in [0.2, 0.25) is 0 Å². The zero-order valence-electron chi connectivity index (χ0n) is 9.83. The lowest BCUT2D eigenvalue weighted by molar-refractivity contribution is 0.370. The fourth-order valence-corrected chi connectivity index (χ4v) is 2.98. The third-order valence-corrected chi connectivity index (χ3v) is 4.12. The third-order valence-electron chi connectivity index (χ3n) is 4.12. The molecule has 0 heterocycles. The second-order valence-electron chi connectivity index (χ2n) is 5.46. The normalized spacial score (nSPS) is 34.7.